The summed E-state index contributed by atoms with van der Waals surface area (Å²) in [5, 5.41) is 11.6. The van der Waals surface area contributed by atoms with E-state index in [-0.39, 0.29) is 30.1 Å². The Hall–Kier alpha value is -3.41. The van der Waals surface area contributed by atoms with Crippen LogP contribution in [-0.2, 0) is 23.1 Å². The van der Waals surface area contributed by atoms with Crippen molar-refractivity contribution in [3.63, 3.8) is 0 Å². The highest BCUT2D eigenvalue weighted by atomic mass is 35.5. The number of likely N-dealkylation sites (N-methyl/N-ethyl adjacent to an activating group) is 1. The zero-order valence-corrected chi connectivity index (χ0v) is 22.4. The molecule has 0 aromatic heterocycles. The van der Waals surface area contributed by atoms with E-state index in [9.17, 15) is 23.3 Å². The normalized spacial score (nSPS) is 21.8. The summed E-state index contributed by atoms with van der Waals surface area (Å²) < 4.78 is 29.2. The van der Waals surface area contributed by atoms with Crippen LogP contribution >= 0.6 is 11.6 Å². The summed E-state index contributed by atoms with van der Waals surface area (Å²) in [6.07, 6.45) is 1.92. The van der Waals surface area contributed by atoms with Crippen molar-refractivity contribution in [3.05, 3.63) is 97.5 Å². The predicted octanol–water partition coefficient (Wildman–Crippen LogP) is 3.72. The summed E-state index contributed by atoms with van der Waals surface area (Å²) in [7, 11) is -2.21. The van der Waals surface area contributed by atoms with E-state index in [4.69, 9.17) is 11.6 Å². The van der Waals surface area contributed by atoms with Gasteiger partial charge in [0.25, 0.3) is 15.7 Å². The fourth-order valence-electron chi connectivity index (χ4n) is 5.07. The molecule has 1 aliphatic carbocycles. The van der Waals surface area contributed by atoms with Gasteiger partial charge in [0.05, 0.1) is 23.2 Å². The summed E-state index contributed by atoms with van der Waals surface area (Å²) in [5.74, 6) is 0. The van der Waals surface area contributed by atoms with E-state index in [0.717, 1.165) is 23.0 Å². The molecule has 0 spiro atoms. The Morgan fingerprint density at radius 3 is 2.24 bits per heavy atom. The first-order valence-electron chi connectivity index (χ1n) is 12.3. The number of sulfonamides is 1. The van der Waals surface area contributed by atoms with Gasteiger partial charge in [0.2, 0.25) is 0 Å². The van der Waals surface area contributed by atoms with Gasteiger partial charge in [0, 0.05) is 56.3 Å². The lowest BCUT2D eigenvalue weighted by atomic mass is 10.0. The van der Waals surface area contributed by atoms with E-state index in [1.165, 1.54) is 24.3 Å². The molecule has 12 heteroatoms. The van der Waals surface area contributed by atoms with Crippen molar-refractivity contribution >= 4 is 33.3 Å². The molecule has 2 aromatic carbocycles. The van der Waals surface area contributed by atoms with Gasteiger partial charge >= 0.3 is 6.03 Å². The summed E-state index contributed by atoms with van der Waals surface area (Å²) in [4.78, 5) is 30.4. The molecule has 2 saturated heterocycles. The average molecular weight is 558 g/mol. The molecule has 1 atom stereocenters. The van der Waals surface area contributed by atoms with Crippen LogP contribution in [0.1, 0.15) is 17.5 Å². The van der Waals surface area contributed by atoms with Gasteiger partial charge in [-0.2, -0.15) is 0 Å². The van der Waals surface area contributed by atoms with Crippen LogP contribution in [0.15, 0.2) is 76.3 Å². The van der Waals surface area contributed by atoms with E-state index in [2.05, 4.69) is 4.90 Å². The molecule has 0 bridgehead atoms. The molecule has 3 aliphatic rings. The maximum Gasteiger partial charge on any atom is 0.335 e. The number of benzene rings is 2. The lowest BCUT2D eigenvalue weighted by molar-refractivity contribution is -0.384. The molecular weight excluding hydrogens is 530 g/mol. The van der Waals surface area contributed by atoms with Crippen molar-refractivity contribution in [1.29, 1.82) is 0 Å². The summed E-state index contributed by atoms with van der Waals surface area (Å²) in [6, 6.07) is 13.6. The van der Waals surface area contributed by atoms with Gasteiger partial charge in [0.15, 0.2) is 0 Å². The Labute approximate surface area is 226 Å². The number of nitrogens with zero attached hydrogens (tertiary/aromatic N) is 5. The van der Waals surface area contributed by atoms with Crippen LogP contribution in [0, 0.1) is 10.1 Å². The minimum absolute atomic E-state index is 0.112. The molecule has 1 unspecified atom stereocenters. The van der Waals surface area contributed by atoms with Crippen molar-refractivity contribution in [2.75, 3.05) is 33.2 Å². The van der Waals surface area contributed by atoms with Gasteiger partial charge in [-0.15, -0.1) is 0 Å². The number of carbonyl (C=O) groups excluding carboxylic acids is 1. The minimum atomic E-state index is -4.23. The summed E-state index contributed by atoms with van der Waals surface area (Å²) in [6.45, 7) is 2.77. The molecule has 200 valence electrons. The van der Waals surface area contributed by atoms with Crippen LogP contribution < -0.4 is 0 Å². The highest BCUT2D eigenvalue weighted by molar-refractivity contribution is 7.93. The first kappa shape index (κ1) is 26.2. The van der Waals surface area contributed by atoms with Crippen molar-refractivity contribution in [1.82, 2.24) is 19.0 Å². The van der Waals surface area contributed by atoms with Crippen molar-refractivity contribution < 1.29 is 18.1 Å². The van der Waals surface area contributed by atoms with E-state index in [1.54, 1.807) is 11.0 Å². The first-order valence-corrected chi connectivity index (χ1v) is 14.1. The van der Waals surface area contributed by atoms with Gasteiger partial charge in [-0.1, -0.05) is 54.1 Å². The van der Waals surface area contributed by atoms with Gasteiger partial charge in [0.1, 0.15) is 4.91 Å². The fourth-order valence-corrected chi connectivity index (χ4v) is 7.20. The quantitative estimate of drug-likeness (QED) is 0.393. The number of hydrogen-bond donors (Lipinski definition) is 0. The second kappa shape index (κ2) is 10.4. The van der Waals surface area contributed by atoms with Crippen LogP contribution in [0.25, 0.3) is 0 Å². The largest absolute Gasteiger partial charge is 0.368 e. The highest BCUT2D eigenvalue weighted by Gasteiger charge is 2.50. The summed E-state index contributed by atoms with van der Waals surface area (Å²) in [5.41, 5.74) is 1.75. The Kier molecular flexibility index (Phi) is 7.17. The van der Waals surface area contributed by atoms with E-state index >= 15 is 0 Å². The van der Waals surface area contributed by atoms with Gasteiger partial charge in [-0.3, -0.25) is 10.1 Å². The smallest absolute Gasteiger partial charge is 0.335 e. The SMILES string of the molecule is CN1CCN(C2=C3C(CC(Cl)=C2)N(Cc2ccccc2)C(=O)N(Cc2ccc([N+](=O)[O-])cc2)S3(=O)=O)CC1. The van der Waals surface area contributed by atoms with Gasteiger partial charge in [-0.25, -0.2) is 17.5 Å². The Balaban J connectivity index is 1.60. The number of amides is 2. The maximum absolute atomic E-state index is 14.2. The van der Waals surface area contributed by atoms with Crippen LogP contribution in [0.3, 0.4) is 0 Å². The third kappa shape index (κ3) is 5.01. The van der Waals surface area contributed by atoms with Crippen molar-refractivity contribution in [2.45, 2.75) is 25.6 Å². The second-order valence-electron chi connectivity index (χ2n) is 9.68. The number of nitro groups is 1. The van der Waals surface area contributed by atoms with Crippen LogP contribution in [-0.4, -0.2) is 77.6 Å². The Bertz CT molecular complexity index is 1400. The first-order chi connectivity index (χ1) is 18.1. The van der Waals surface area contributed by atoms with Crippen LogP contribution in [0.2, 0.25) is 0 Å². The van der Waals surface area contributed by atoms with Crippen molar-refractivity contribution in [3.8, 4) is 0 Å². The lowest BCUT2D eigenvalue weighted by Gasteiger charge is -2.46. The zero-order valence-electron chi connectivity index (χ0n) is 20.9. The average Bonchev–Trinajstić information content (AvgIpc) is 2.90. The number of rotatable bonds is 6. The molecule has 0 saturated carbocycles. The molecule has 0 N–H and O–H groups in total. The third-order valence-electron chi connectivity index (χ3n) is 7.15. The number of urea groups is 1. The Morgan fingerprint density at radius 1 is 0.974 bits per heavy atom. The number of piperazine rings is 1. The maximum atomic E-state index is 14.2. The molecule has 2 aliphatic heterocycles. The standard InChI is InChI=1S/C26H28ClN5O5S/c1-28-11-13-29(14-12-28)23-15-21(27)16-24-25(23)38(36,37)31(18-20-7-9-22(10-8-20)32(34)35)26(33)30(24)17-19-5-3-2-4-6-19/h2-10,15,24H,11-14,16-18H2,1H3. The molecule has 2 heterocycles. The number of halogens is 1. The molecule has 38 heavy (non-hydrogen) atoms. The van der Waals surface area contributed by atoms with Gasteiger partial charge in [-0.05, 0) is 24.3 Å². The summed E-state index contributed by atoms with van der Waals surface area (Å²) >= 11 is 6.58. The molecule has 2 fully saturated rings. The number of allylic oxidation sites excluding steroid dienone is 1. The molecule has 2 aromatic rings. The molecule has 0 radical (unpaired) electrons. The monoisotopic (exact) mass is 557 g/mol. The topological polar surface area (TPSA) is 107 Å². The van der Waals surface area contributed by atoms with Crippen LogP contribution in [0.5, 0.6) is 0 Å². The van der Waals surface area contributed by atoms with E-state index in [0.29, 0.717) is 29.4 Å². The number of nitro benzene ring substituents is 1. The zero-order chi connectivity index (χ0) is 27.0. The van der Waals surface area contributed by atoms with E-state index < -0.39 is 27.0 Å². The van der Waals surface area contributed by atoms with E-state index in [1.807, 2.05) is 42.3 Å². The lowest BCUT2D eigenvalue weighted by Crippen LogP contribution is -2.59. The molecular formula is C26H28ClN5O5S. The predicted molar refractivity (Wildman–Crippen MR) is 143 cm³/mol. The third-order valence-corrected chi connectivity index (χ3v) is 9.32. The number of hydrogen-bond acceptors (Lipinski definition) is 7. The number of non-ortho nitro benzene ring substituents is 1. The number of fused-ring (bicyclic) bond motifs is 1. The Morgan fingerprint density at radius 2 is 1.61 bits per heavy atom. The van der Waals surface area contributed by atoms with Crippen LogP contribution in [0.4, 0.5) is 10.5 Å². The fraction of sp³-hybridized carbons (Fsp3) is 0.346. The van der Waals surface area contributed by atoms with Crippen molar-refractivity contribution in [2.24, 2.45) is 0 Å². The molecule has 5 rings (SSSR count). The van der Waals surface area contributed by atoms with Gasteiger partial charge < -0.3 is 14.7 Å². The highest BCUT2D eigenvalue weighted by Crippen LogP contribution is 2.41. The molecule has 10 nitrogen and oxygen atoms in total. The second-order valence-corrected chi connectivity index (χ2v) is 12.0. The minimum Gasteiger partial charge on any atom is -0.368 e. The number of carbonyl (C=O) groups is 1. The molecule has 2 amide bonds.